The van der Waals surface area contributed by atoms with Gasteiger partial charge in [0.25, 0.3) is 17.6 Å². The number of fused-ring (bicyclic) bond motifs is 1. The smallest absolute Gasteiger partial charge is 0.326 e. The predicted octanol–water partition coefficient (Wildman–Crippen LogP) is 1.11. The van der Waals surface area contributed by atoms with Crippen LogP contribution in [0.25, 0.3) is 0 Å². The average molecular weight is 407 g/mol. The molecule has 2 aliphatic heterocycles. The molecule has 0 radical (unpaired) electrons. The van der Waals surface area contributed by atoms with E-state index in [-0.39, 0.29) is 18.1 Å². The summed E-state index contributed by atoms with van der Waals surface area (Å²) in [7, 11) is 0. The van der Waals surface area contributed by atoms with E-state index in [4.69, 9.17) is 4.74 Å². The number of Topliss-reactive ketones (excluding diaryl/α,β-unsaturated/α-hetero) is 1. The molecule has 0 spiro atoms. The van der Waals surface area contributed by atoms with Crippen LogP contribution in [0.1, 0.15) is 10.4 Å². The Morgan fingerprint density at radius 3 is 2.27 bits per heavy atom. The SMILES string of the molecule is O=C(CN1C(=O)C(=O)c2ccccc21)OCC(=O)N1CCN(c2ccccc2)CC1. The number of esters is 1. The van der Waals surface area contributed by atoms with Gasteiger partial charge in [0.2, 0.25) is 0 Å². The van der Waals surface area contributed by atoms with E-state index in [0.29, 0.717) is 31.9 Å². The molecule has 0 aromatic heterocycles. The monoisotopic (exact) mass is 407 g/mol. The lowest BCUT2D eigenvalue weighted by Gasteiger charge is -2.36. The molecule has 2 aliphatic rings. The van der Waals surface area contributed by atoms with Crippen LogP contribution in [0.2, 0.25) is 0 Å². The highest BCUT2D eigenvalue weighted by molar-refractivity contribution is 6.52. The molecule has 8 nitrogen and oxygen atoms in total. The van der Waals surface area contributed by atoms with Crippen molar-refractivity contribution < 1.29 is 23.9 Å². The molecule has 4 rings (SSSR count). The Kier molecular flexibility index (Phi) is 5.47. The highest BCUT2D eigenvalue weighted by Crippen LogP contribution is 2.28. The molecule has 30 heavy (non-hydrogen) atoms. The summed E-state index contributed by atoms with van der Waals surface area (Å²) in [5.74, 6) is -2.42. The fourth-order valence-electron chi connectivity index (χ4n) is 3.67. The van der Waals surface area contributed by atoms with E-state index in [1.807, 2.05) is 30.3 Å². The fraction of sp³-hybridized carbons (Fsp3) is 0.273. The van der Waals surface area contributed by atoms with E-state index in [0.717, 1.165) is 10.6 Å². The van der Waals surface area contributed by atoms with Crippen molar-refractivity contribution >= 4 is 34.9 Å². The van der Waals surface area contributed by atoms with Gasteiger partial charge in [-0.2, -0.15) is 0 Å². The molecule has 0 saturated carbocycles. The van der Waals surface area contributed by atoms with Crippen molar-refractivity contribution in [2.45, 2.75) is 0 Å². The van der Waals surface area contributed by atoms with Gasteiger partial charge in [0.15, 0.2) is 6.61 Å². The maximum Gasteiger partial charge on any atom is 0.326 e. The predicted molar refractivity (Wildman–Crippen MR) is 109 cm³/mol. The maximum atomic E-state index is 12.4. The van der Waals surface area contributed by atoms with Crippen LogP contribution in [-0.4, -0.2) is 67.8 Å². The van der Waals surface area contributed by atoms with E-state index in [1.165, 1.54) is 0 Å². The van der Waals surface area contributed by atoms with Crippen molar-refractivity contribution in [1.82, 2.24) is 4.90 Å². The van der Waals surface area contributed by atoms with E-state index in [2.05, 4.69) is 4.90 Å². The number of benzene rings is 2. The third-order valence-electron chi connectivity index (χ3n) is 5.28. The molecular formula is C22H21N3O5. The summed E-state index contributed by atoms with van der Waals surface area (Å²) in [5.41, 5.74) is 1.76. The first kappa shape index (κ1) is 19.6. The minimum Gasteiger partial charge on any atom is -0.454 e. The number of rotatable bonds is 5. The second-order valence-corrected chi connectivity index (χ2v) is 7.10. The normalized spacial score (nSPS) is 15.9. The van der Waals surface area contributed by atoms with Gasteiger partial charge in [-0.1, -0.05) is 30.3 Å². The van der Waals surface area contributed by atoms with Gasteiger partial charge in [-0.3, -0.25) is 24.1 Å². The van der Waals surface area contributed by atoms with Crippen LogP contribution in [0.3, 0.4) is 0 Å². The number of carbonyl (C=O) groups excluding carboxylic acids is 4. The lowest BCUT2D eigenvalue weighted by Crippen LogP contribution is -2.50. The molecule has 2 amide bonds. The number of ether oxygens (including phenoxy) is 1. The topological polar surface area (TPSA) is 87.2 Å². The van der Waals surface area contributed by atoms with E-state index >= 15 is 0 Å². The summed E-state index contributed by atoms with van der Waals surface area (Å²) < 4.78 is 5.08. The van der Waals surface area contributed by atoms with E-state index in [9.17, 15) is 19.2 Å². The minimum atomic E-state index is -0.767. The number of anilines is 2. The summed E-state index contributed by atoms with van der Waals surface area (Å²) in [6, 6.07) is 16.4. The van der Waals surface area contributed by atoms with Gasteiger partial charge in [-0.25, -0.2) is 0 Å². The molecule has 0 aliphatic carbocycles. The highest BCUT2D eigenvalue weighted by atomic mass is 16.5. The van der Waals surface area contributed by atoms with Crippen LogP contribution in [0.15, 0.2) is 54.6 Å². The Morgan fingerprint density at radius 1 is 0.867 bits per heavy atom. The van der Waals surface area contributed by atoms with Crippen LogP contribution in [0, 0.1) is 0 Å². The Balaban J connectivity index is 1.26. The van der Waals surface area contributed by atoms with Gasteiger partial charge in [-0.15, -0.1) is 0 Å². The molecule has 1 fully saturated rings. The van der Waals surface area contributed by atoms with E-state index < -0.39 is 24.2 Å². The van der Waals surface area contributed by atoms with Crippen molar-refractivity contribution in [2.75, 3.05) is 49.1 Å². The van der Waals surface area contributed by atoms with Crippen molar-refractivity contribution in [3.63, 3.8) is 0 Å². The van der Waals surface area contributed by atoms with Gasteiger partial charge in [0.05, 0.1) is 11.3 Å². The lowest BCUT2D eigenvalue weighted by molar-refractivity contribution is -0.151. The number of carbonyl (C=O) groups is 4. The molecule has 8 heteroatoms. The third-order valence-corrected chi connectivity index (χ3v) is 5.28. The summed E-state index contributed by atoms with van der Waals surface area (Å²) in [6.45, 7) is 1.68. The first-order valence-electron chi connectivity index (χ1n) is 9.73. The summed E-state index contributed by atoms with van der Waals surface area (Å²) in [5, 5.41) is 0. The molecule has 154 valence electrons. The highest BCUT2D eigenvalue weighted by Gasteiger charge is 2.36. The van der Waals surface area contributed by atoms with Crippen LogP contribution < -0.4 is 9.80 Å². The molecule has 1 saturated heterocycles. The zero-order chi connectivity index (χ0) is 21.1. The molecule has 0 unspecified atom stereocenters. The molecule has 0 N–H and O–H groups in total. The van der Waals surface area contributed by atoms with Crippen molar-refractivity contribution in [3.05, 3.63) is 60.2 Å². The largest absolute Gasteiger partial charge is 0.454 e. The number of nitrogens with zero attached hydrogens (tertiary/aromatic N) is 3. The number of para-hydroxylation sites is 2. The van der Waals surface area contributed by atoms with Crippen LogP contribution >= 0.6 is 0 Å². The van der Waals surface area contributed by atoms with Gasteiger partial charge >= 0.3 is 5.97 Å². The second kappa shape index (κ2) is 8.36. The average Bonchev–Trinajstić information content (AvgIpc) is 3.03. The zero-order valence-corrected chi connectivity index (χ0v) is 16.3. The Bertz CT molecular complexity index is 983. The third kappa shape index (κ3) is 3.89. The standard InChI is InChI=1S/C22H21N3O5/c26-19(24-12-10-23(11-13-24)16-6-2-1-3-7-16)15-30-20(27)14-25-18-9-5-4-8-17(18)21(28)22(25)29/h1-9H,10-15H2. The number of amides is 2. The van der Waals surface area contributed by atoms with Gasteiger partial charge in [0.1, 0.15) is 6.54 Å². The molecule has 0 atom stereocenters. The Labute approximate surface area is 173 Å². The summed E-state index contributed by atoms with van der Waals surface area (Å²) >= 11 is 0. The van der Waals surface area contributed by atoms with Crippen molar-refractivity contribution in [1.29, 1.82) is 0 Å². The van der Waals surface area contributed by atoms with Crippen molar-refractivity contribution in [2.24, 2.45) is 0 Å². The van der Waals surface area contributed by atoms with Crippen molar-refractivity contribution in [3.8, 4) is 0 Å². The molecule has 2 heterocycles. The van der Waals surface area contributed by atoms with Crippen LogP contribution in [0.4, 0.5) is 11.4 Å². The van der Waals surface area contributed by atoms with Crippen LogP contribution in [0.5, 0.6) is 0 Å². The van der Waals surface area contributed by atoms with Gasteiger partial charge in [-0.05, 0) is 24.3 Å². The number of hydrogen-bond donors (Lipinski definition) is 0. The quantitative estimate of drug-likeness (QED) is 0.545. The first-order valence-corrected chi connectivity index (χ1v) is 9.73. The summed E-state index contributed by atoms with van der Waals surface area (Å²) in [4.78, 5) is 53.6. The molecular weight excluding hydrogens is 386 g/mol. The first-order chi connectivity index (χ1) is 14.5. The lowest BCUT2D eigenvalue weighted by atomic mass is 10.1. The Morgan fingerprint density at radius 2 is 1.53 bits per heavy atom. The van der Waals surface area contributed by atoms with Gasteiger partial charge < -0.3 is 14.5 Å². The molecule has 2 aromatic carbocycles. The molecule has 2 aromatic rings. The number of hydrogen-bond acceptors (Lipinski definition) is 6. The Hall–Kier alpha value is -3.68. The van der Waals surface area contributed by atoms with Crippen LogP contribution in [-0.2, 0) is 19.1 Å². The summed E-state index contributed by atoms with van der Waals surface area (Å²) in [6.07, 6.45) is 0. The van der Waals surface area contributed by atoms with E-state index in [1.54, 1.807) is 29.2 Å². The minimum absolute atomic E-state index is 0.266. The molecule has 0 bridgehead atoms. The number of piperazine rings is 1. The number of ketones is 1. The van der Waals surface area contributed by atoms with Gasteiger partial charge in [0, 0.05) is 31.9 Å². The maximum absolute atomic E-state index is 12.4. The fourth-order valence-corrected chi connectivity index (χ4v) is 3.67. The zero-order valence-electron chi connectivity index (χ0n) is 16.3. The second-order valence-electron chi connectivity index (χ2n) is 7.10.